The second-order valence-electron chi connectivity index (χ2n) is 7.68. The van der Waals surface area contributed by atoms with Crippen LogP contribution in [0.25, 0.3) is 0 Å². The van der Waals surface area contributed by atoms with Crippen molar-refractivity contribution >= 4 is 6.09 Å². The molecule has 23 heavy (non-hydrogen) atoms. The normalized spacial score (nSPS) is 27.0. The van der Waals surface area contributed by atoms with Gasteiger partial charge in [0.1, 0.15) is 5.60 Å². The Labute approximate surface area is 138 Å². The minimum atomic E-state index is -0.457. The third-order valence-corrected chi connectivity index (χ3v) is 4.77. The van der Waals surface area contributed by atoms with Crippen LogP contribution in [0.4, 0.5) is 4.79 Å². The van der Waals surface area contributed by atoms with Gasteiger partial charge in [0.25, 0.3) is 0 Å². The van der Waals surface area contributed by atoms with Crippen molar-refractivity contribution in [2.24, 2.45) is 5.92 Å². The van der Waals surface area contributed by atoms with Crippen molar-refractivity contribution in [3.8, 4) is 0 Å². The van der Waals surface area contributed by atoms with E-state index in [1.54, 1.807) is 0 Å². The maximum atomic E-state index is 11.7. The zero-order chi connectivity index (χ0) is 16.4. The molecule has 4 heterocycles. The maximum absolute atomic E-state index is 11.7. The van der Waals surface area contributed by atoms with E-state index < -0.39 is 5.60 Å². The Bertz CT molecular complexity index is 541. The number of rotatable bonds is 4. The van der Waals surface area contributed by atoms with Crippen molar-refractivity contribution in [3.63, 3.8) is 0 Å². The van der Waals surface area contributed by atoms with E-state index in [9.17, 15) is 4.79 Å². The van der Waals surface area contributed by atoms with Gasteiger partial charge in [-0.2, -0.15) is 0 Å². The molecular weight excluding hydrogens is 292 g/mol. The fraction of sp³-hybridized carbons (Fsp3) is 0.765. The fourth-order valence-electron chi connectivity index (χ4n) is 3.68. The molecule has 0 aliphatic carbocycles. The number of alkyl carbamates (subject to hydrolysis) is 1. The number of ether oxygens (including phenoxy) is 1. The molecule has 4 rings (SSSR count). The quantitative estimate of drug-likeness (QED) is 0.924. The smallest absolute Gasteiger partial charge is 0.407 e. The standard InChI is InChI=1S/C17H28N4O2/c1-17(2,3)23-16(22)19-7-4-14-10-18-12-21(14)15-11-20-8-5-13(15)6-9-20/h10,12-13,15H,4-9,11H2,1-3H3,(H,19,22). The van der Waals surface area contributed by atoms with Crippen molar-refractivity contribution < 1.29 is 9.53 Å². The molecule has 3 aliphatic heterocycles. The maximum Gasteiger partial charge on any atom is 0.407 e. The lowest BCUT2D eigenvalue weighted by Crippen LogP contribution is -2.48. The lowest BCUT2D eigenvalue weighted by molar-refractivity contribution is 0.0522. The second-order valence-corrected chi connectivity index (χ2v) is 7.68. The van der Waals surface area contributed by atoms with Crippen LogP contribution in [0.2, 0.25) is 0 Å². The molecule has 1 aromatic heterocycles. The molecule has 0 radical (unpaired) electrons. The predicted molar refractivity (Wildman–Crippen MR) is 88.4 cm³/mol. The van der Waals surface area contributed by atoms with Gasteiger partial charge < -0.3 is 19.5 Å². The molecule has 0 aromatic carbocycles. The highest BCUT2D eigenvalue weighted by molar-refractivity contribution is 5.67. The van der Waals surface area contributed by atoms with Gasteiger partial charge in [0.05, 0.1) is 12.4 Å². The van der Waals surface area contributed by atoms with E-state index in [0.717, 1.165) is 18.9 Å². The van der Waals surface area contributed by atoms with E-state index in [0.29, 0.717) is 12.6 Å². The zero-order valence-corrected chi connectivity index (χ0v) is 14.4. The van der Waals surface area contributed by atoms with Crippen LogP contribution in [0.1, 0.15) is 45.3 Å². The Morgan fingerprint density at radius 1 is 1.39 bits per heavy atom. The Morgan fingerprint density at radius 3 is 2.74 bits per heavy atom. The summed E-state index contributed by atoms with van der Waals surface area (Å²) in [7, 11) is 0. The minimum absolute atomic E-state index is 0.355. The Balaban J connectivity index is 1.54. The highest BCUT2D eigenvalue weighted by Crippen LogP contribution is 2.36. The molecule has 1 N–H and O–H groups in total. The summed E-state index contributed by atoms with van der Waals surface area (Å²) in [4.78, 5) is 18.6. The number of piperidine rings is 3. The van der Waals surface area contributed by atoms with Gasteiger partial charge in [-0.15, -0.1) is 0 Å². The van der Waals surface area contributed by atoms with Crippen molar-refractivity contribution in [3.05, 3.63) is 18.2 Å². The Kier molecular flexibility index (Phi) is 4.62. The molecular formula is C17H28N4O2. The monoisotopic (exact) mass is 320 g/mol. The molecule has 6 heteroatoms. The zero-order valence-electron chi connectivity index (χ0n) is 14.4. The summed E-state index contributed by atoms with van der Waals surface area (Å²) in [6.07, 6.45) is 6.88. The molecule has 6 nitrogen and oxygen atoms in total. The second kappa shape index (κ2) is 6.51. The van der Waals surface area contributed by atoms with Crippen LogP contribution < -0.4 is 5.32 Å². The van der Waals surface area contributed by atoms with E-state index >= 15 is 0 Å². The molecule has 1 unspecified atom stereocenters. The topological polar surface area (TPSA) is 59.4 Å². The van der Waals surface area contributed by atoms with Crippen LogP contribution >= 0.6 is 0 Å². The predicted octanol–water partition coefficient (Wildman–Crippen LogP) is 2.22. The molecule has 1 atom stereocenters. The first-order valence-electron chi connectivity index (χ1n) is 8.62. The molecule has 1 aromatic rings. The molecule has 3 fully saturated rings. The number of hydrogen-bond donors (Lipinski definition) is 1. The summed E-state index contributed by atoms with van der Waals surface area (Å²) in [5.74, 6) is 0.770. The Morgan fingerprint density at radius 2 is 2.13 bits per heavy atom. The molecule has 1 amide bonds. The van der Waals surface area contributed by atoms with E-state index in [2.05, 4.69) is 19.8 Å². The van der Waals surface area contributed by atoms with Crippen LogP contribution in [-0.2, 0) is 11.2 Å². The molecule has 0 spiro atoms. The number of carbonyl (C=O) groups excluding carboxylic acids is 1. The van der Waals surface area contributed by atoms with Crippen molar-refractivity contribution in [1.29, 1.82) is 0 Å². The summed E-state index contributed by atoms with van der Waals surface area (Å²) in [6, 6.07) is 0.538. The lowest BCUT2D eigenvalue weighted by atomic mass is 9.84. The van der Waals surface area contributed by atoms with Gasteiger partial charge in [0.2, 0.25) is 0 Å². The summed E-state index contributed by atoms with van der Waals surface area (Å²) in [5.41, 5.74) is 0.738. The molecule has 3 saturated heterocycles. The third-order valence-electron chi connectivity index (χ3n) is 4.77. The van der Waals surface area contributed by atoms with Gasteiger partial charge in [-0.1, -0.05) is 0 Å². The number of imidazole rings is 1. The number of amides is 1. The van der Waals surface area contributed by atoms with Crippen molar-refractivity contribution in [2.45, 2.75) is 51.7 Å². The van der Waals surface area contributed by atoms with E-state index in [4.69, 9.17) is 4.74 Å². The number of aromatic nitrogens is 2. The summed E-state index contributed by atoms with van der Waals surface area (Å²) in [5, 5.41) is 2.83. The van der Waals surface area contributed by atoms with Gasteiger partial charge in [0.15, 0.2) is 0 Å². The van der Waals surface area contributed by atoms with Gasteiger partial charge in [-0.3, -0.25) is 0 Å². The summed E-state index contributed by atoms with van der Waals surface area (Å²) < 4.78 is 7.59. The largest absolute Gasteiger partial charge is 0.444 e. The van der Waals surface area contributed by atoms with E-state index in [-0.39, 0.29) is 6.09 Å². The lowest BCUT2D eigenvalue weighted by Gasteiger charge is -2.45. The highest BCUT2D eigenvalue weighted by Gasteiger charge is 2.35. The molecule has 2 bridgehead atoms. The average molecular weight is 320 g/mol. The average Bonchev–Trinajstić information content (AvgIpc) is 2.95. The van der Waals surface area contributed by atoms with Crippen molar-refractivity contribution in [1.82, 2.24) is 19.8 Å². The Hall–Kier alpha value is -1.56. The molecule has 128 valence electrons. The number of nitrogens with one attached hydrogen (secondary N) is 1. The number of fused-ring (bicyclic) bond motifs is 3. The highest BCUT2D eigenvalue weighted by atomic mass is 16.6. The fourth-order valence-corrected chi connectivity index (χ4v) is 3.68. The molecule has 3 aliphatic rings. The number of hydrogen-bond acceptors (Lipinski definition) is 4. The van der Waals surface area contributed by atoms with Gasteiger partial charge in [-0.05, 0) is 52.6 Å². The van der Waals surface area contributed by atoms with Gasteiger partial charge in [-0.25, -0.2) is 9.78 Å². The number of carbonyl (C=O) groups is 1. The van der Waals surface area contributed by atoms with Crippen LogP contribution in [0, 0.1) is 5.92 Å². The van der Waals surface area contributed by atoms with E-state index in [1.165, 1.54) is 31.6 Å². The first kappa shape index (κ1) is 16.3. The molecule has 0 saturated carbocycles. The SMILES string of the molecule is CC(C)(C)OC(=O)NCCc1cncn1C1CN2CCC1CC2. The third kappa shape index (κ3) is 4.05. The van der Waals surface area contributed by atoms with E-state index in [1.807, 2.05) is 33.3 Å². The minimum Gasteiger partial charge on any atom is -0.444 e. The van der Waals surface area contributed by atoms with Gasteiger partial charge >= 0.3 is 6.09 Å². The van der Waals surface area contributed by atoms with Gasteiger partial charge in [0, 0.05) is 31.4 Å². The number of nitrogens with zero attached hydrogens (tertiary/aromatic N) is 3. The summed E-state index contributed by atoms with van der Waals surface area (Å²) in [6.45, 7) is 9.80. The summed E-state index contributed by atoms with van der Waals surface area (Å²) >= 11 is 0. The first-order valence-corrected chi connectivity index (χ1v) is 8.62. The van der Waals surface area contributed by atoms with Crippen LogP contribution in [-0.4, -0.2) is 52.3 Å². The van der Waals surface area contributed by atoms with Crippen LogP contribution in [0.3, 0.4) is 0 Å². The first-order chi connectivity index (χ1) is 10.9. The van der Waals surface area contributed by atoms with Crippen molar-refractivity contribution in [2.75, 3.05) is 26.2 Å². The van der Waals surface area contributed by atoms with Crippen LogP contribution in [0.15, 0.2) is 12.5 Å². The van der Waals surface area contributed by atoms with Crippen LogP contribution in [0.5, 0.6) is 0 Å².